The number of Topliss-reactive ketones (excluding diaryl/α,β-unsaturated/α-hetero) is 1. The second-order valence-electron chi connectivity index (χ2n) is 8.41. The van der Waals surface area contributed by atoms with Gasteiger partial charge in [-0.05, 0) is 23.3 Å². The SMILES string of the molecule is COc1c(CN2CCC(=O)C(C(c3ccccc3)c3ccccc3)C2)sc2ccccc12. The maximum atomic E-state index is 13.2. The van der Waals surface area contributed by atoms with Crippen molar-refractivity contribution in [3.63, 3.8) is 0 Å². The van der Waals surface area contributed by atoms with Crippen LogP contribution in [0.3, 0.4) is 0 Å². The molecule has 0 N–H and O–H groups in total. The van der Waals surface area contributed by atoms with Crippen molar-refractivity contribution >= 4 is 27.2 Å². The fraction of sp³-hybridized carbons (Fsp3) is 0.250. The van der Waals surface area contributed by atoms with Gasteiger partial charge in [-0.1, -0.05) is 72.8 Å². The summed E-state index contributed by atoms with van der Waals surface area (Å²) in [5, 5.41) is 1.17. The number of likely N-dealkylation sites (tertiary alicyclic amines) is 1. The standard InChI is InChI=1S/C28H27NO2S/c1-31-28-22-14-8-9-15-25(22)32-26(28)19-29-17-16-24(30)23(18-29)27(20-10-4-2-5-11-20)21-12-6-3-7-13-21/h2-15,23,27H,16-19H2,1H3. The number of hydrogen-bond donors (Lipinski definition) is 0. The zero-order chi connectivity index (χ0) is 21.9. The van der Waals surface area contributed by atoms with Gasteiger partial charge >= 0.3 is 0 Å². The van der Waals surface area contributed by atoms with Gasteiger partial charge in [0.2, 0.25) is 0 Å². The van der Waals surface area contributed by atoms with Crippen LogP contribution in [0.1, 0.15) is 28.3 Å². The first kappa shape index (κ1) is 20.9. The predicted octanol–water partition coefficient (Wildman–Crippen LogP) is 6.13. The Balaban J connectivity index is 1.45. The fourth-order valence-corrected chi connectivity index (χ4v) is 6.16. The molecule has 1 atom stereocenters. The molecule has 32 heavy (non-hydrogen) atoms. The van der Waals surface area contributed by atoms with Crippen molar-refractivity contribution in [1.29, 1.82) is 0 Å². The summed E-state index contributed by atoms with van der Waals surface area (Å²) in [6, 6.07) is 29.3. The molecule has 2 heterocycles. The maximum absolute atomic E-state index is 13.2. The number of nitrogens with zero attached hydrogens (tertiary/aromatic N) is 1. The third-order valence-electron chi connectivity index (χ3n) is 6.45. The van der Waals surface area contributed by atoms with Crippen molar-refractivity contribution in [1.82, 2.24) is 4.90 Å². The minimum absolute atomic E-state index is 0.0612. The smallest absolute Gasteiger partial charge is 0.141 e. The Morgan fingerprint density at radius 2 is 1.56 bits per heavy atom. The van der Waals surface area contributed by atoms with Crippen LogP contribution in [0.2, 0.25) is 0 Å². The number of benzene rings is 3. The molecule has 0 aliphatic carbocycles. The maximum Gasteiger partial charge on any atom is 0.141 e. The molecule has 3 aromatic carbocycles. The van der Waals surface area contributed by atoms with Crippen molar-refractivity contribution in [2.24, 2.45) is 5.92 Å². The van der Waals surface area contributed by atoms with E-state index in [9.17, 15) is 4.79 Å². The number of methoxy groups -OCH3 is 1. The molecule has 0 bridgehead atoms. The molecular formula is C28H27NO2S. The van der Waals surface area contributed by atoms with Crippen LogP contribution in [0.15, 0.2) is 84.9 Å². The van der Waals surface area contributed by atoms with Crippen LogP contribution in [-0.4, -0.2) is 30.9 Å². The van der Waals surface area contributed by atoms with E-state index >= 15 is 0 Å². The molecule has 1 unspecified atom stereocenters. The Labute approximate surface area is 193 Å². The van der Waals surface area contributed by atoms with E-state index in [4.69, 9.17) is 4.74 Å². The van der Waals surface area contributed by atoms with Crippen LogP contribution >= 0.6 is 11.3 Å². The molecule has 0 saturated carbocycles. The molecule has 1 aliphatic heterocycles. The van der Waals surface area contributed by atoms with Gasteiger partial charge in [0, 0.05) is 48.0 Å². The number of piperidine rings is 1. The summed E-state index contributed by atoms with van der Waals surface area (Å²) in [6.45, 7) is 2.36. The lowest BCUT2D eigenvalue weighted by atomic mass is 9.76. The largest absolute Gasteiger partial charge is 0.495 e. The van der Waals surface area contributed by atoms with Gasteiger partial charge in [-0.15, -0.1) is 11.3 Å². The average molecular weight is 442 g/mol. The van der Waals surface area contributed by atoms with Gasteiger partial charge in [-0.2, -0.15) is 0 Å². The normalized spacial score (nSPS) is 17.2. The molecular weight excluding hydrogens is 414 g/mol. The Morgan fingerprint density at radius 3 is 2.22 bits per heavy atom. The Bertz CT molecular complexity index is 1160. The summed E-state index contributed by atoms with van der Waals surface area (Å²) in [5.41, 5.74) is 2.41. The number of carbonyl (C=O) groups excluding carboxylic acids is 1. The molecule has 0 spiro atoms. The second kappa shape index (κ2) is 9.27. The van der Waals surface area contributed by atoms with Crippen LogP contribution in [0.5, 0.6) is 5.75 Å². The summed E-state index contributed by atoms with van der Waals surface area (Å²) in [6.07, 6.45) is 0.591. The topological polar surface area (TPSA) is 29.5 Å². The van der Waals surface area contributed by atoms with Gasteiger partial charge in [0.05, 0.1) is 12.0 Å². The van der Waals surface area contributed by atoms with E-state index in [0.717, 1.165) is 25.4 Å². The summed E-state index contributed by atoms with van der Waals surface area (Å²) in [4.78, 5) is 16.9. The van der Waals surface area contributed by atoms with Crippen molar-refractivity contribution in [2.75, 3.05) is 20.2 Å². The molecule has 5 rings (SSSR count). The highest BCUT2D eigenvalue weighted by Gasteiger charge is 2.35. The Kier molecular flexibility index (Phi) is 6.06. The number of thiophene rings is 1. The molecule has 0 amide bonds. The number of ether oxygens (including phenoxy) is 1. The summed E-state index contributed by atoms with van der Waals surface area (Å²) in [5.74, 6) is 1.34. The van der Waals surface area contributed by atoms with E-state index in [2.05, 4.69) is 77.7 Å². The van der Waals surface area contributed by atoms with Crippen LogP contribution in [0.4, 0.5) is 0 Å². The number of hydrogen-bond acceptors (Lipinski definition) is 4. The zero-order valence-corrected chi connectivity index (χ0v) is 19.1. The van der Waals surface area contributed by atoms with Crippen molar-refractivity contribution in [3.8, 4) is 5.75 Å². The monoisotopic (exact) mass is 441 g/mol. The van der Waals surface area contributed by atoms with E-state index in [0.29, 0.717) is 12.2 Å². The molecule has 1 fully saturated rings. The van der Waals surface area contributed by atoms with E-state index in [1.807, 2.05) is 12.1 Å². The highest BCUT2D eigenvalue weighted by molar-refractivity contribution is 7.19. The van der Waals surface area contributed by atoms with Crippen LogP contribution in [0, 0.1) is 5.92 Å². The number of rotatable bonds is 6. The third kappa shape index (κ3) is 4.08. The Hall–Kier alpha value is -2.95. The van der Waals surface area contributed by atoms with E-state index in [-0.39, 0.29) is 11.8 Å². The second-order valence-corrected chi connectivity index (χ2v) is 9.55. The van der Waals surface area contributed by atoms with Crippen LogP contribution in [0.25, 0.3) is 10.1 Å². The third-order valence-corrected chi connectivity index (χ3v) is 7.59. The molecule has 4 aromatic rings. The number of fused-ring (bicyclic) bond motifs is 1. The first-order valence-electron chi connectivity index (χ1n) is 11.1. The lowest BCUT2D eigenvalue weighted by Gasteiger charge is -2.36. The van der Waals surface area contributed by atoms with Gasteiger partial charge in [0.1, 0.15) is 11.5 Å². The van der Waals surface area contributed by atoms with E-state index in [1.165, 1.54) is 26.1 Å². The molecule has 1 aliphatic rings. The lowest BCUT2D eigenvalue weighted by molar-refractivity contribution is -0.126. The highest BCUT2D eigenvalue weighted by atomic mass is 32.1. The van der Waals surface area contributed by atoms with Crippen molar-refractivity contribution in [2.45, 2.75) is 18.9 Å². The number of carbonyl (C=O) groups is 1. The summed E-state index contributed by atoms with van der Waals surface area (Å²) >= 11 is 1.79. The fourth-order valence-electron chi connectivity index (χ4n) is 4.94. The van der Waals surface area contributed by atoms with Gasteiger partial charge in [-0.3, -0.25) is 9.69 Å². The van der Waals surface area contributed by atoms with Crippen LogP contribution in [-0.2, 0) is 11.3 Å². The minimum Gasteiger partial charge on any atom is -0.495 e. The van der Waals surface area contributed by atoms with Crippen molar-refractivity contribution < 1.29 is 9.53 Å². The van der Waals surface area contributed by atoms with Gasteiger partial charge in [0.15, 0.2) is 0 Å². The minimum atomic E-state index is -0.0612. The average Bonchev–Trinajstić information content (AvgIpc) is 3.19. The van der Waals surface area contributed by atoms with Gasteiger partial charge in [-0.25, -0.2) is 0 Å². The molecule has 1 saturated heterocycles. The van der Waals surface area contributed by atoms with E-state index < -0.39 is 0 Å². The van der Waals surface area contributed by atoms with Crippen LogP contribution < -0.4 is 4.74 Å². The quantitative estimate of drug-likeness (QED) is 0.360. The van der Waals surface area contributed by atoms with Crippen molar-refractivity contribution in [3.05, 3.63) is 101 Å². The highest BCUT2D eigenvalue weighted by Crippen LogP contribution is 2.40. The van der Waals surface area contributed by atoms with Gasteiger partial charge in [0.25, 0.3) is 0 Å². The molecule has 1 aromatic heterocycles. The first-order chi connectivity index (χ1) is 15.7. The molecule has 3 nitrogen and oxygen atoms in total. The van der Waals surface area contributed by atoms with E-state index in [1.54, 1.807) is 18.4 Å². The number of ketones is 1. The first-order valence-corrected chi connectivity index (χ1v) is 12.0. The summed E-state index contributed by atoms with van der Waals surface area (Å²) < 4.78 is 7.04. The van der Waals surface area contributed by atoms with Gasteiger partial charge < -0.3 is 4.74 Å². The molecule has 4 heteroatoms. The zero-order valence-electron chi connectivity index (χ0n) is 18.2. The Morgan fingerprint density at radius 1 is 0.938 bits per heavy atom. The summed E-state index contributed by atoms with van der Waals surface area (Å²) in [7, 11) is 1.75. The predicted molar refractivity (Wildman–Crippen MR) is 131 cm³/mol. The molecule has 0 radical (unpaired) electrons. The lowest BCUT2D eigenvalue weighted by Crippen LogP contribution is -2.43. The molecule has 162 valence electrons.